The van der Waals surface area contributed by atoms with Crippen LogP contribution in [0.4, 0.5) is 0 Å². The topological polar surface area (TPSA) is 95.9 Å². The molecule has 0 aromatic carbocycles. The number of amides is 1. The number of unbranched alkanes of at least 4 members (excludes halogenated alkanes) is 30. The van der Waals surface area contributed by atoms with Crippen LogP contribution in [0.2, 0.25) is 0 Å². The molecule has 0 aromatic heterocycles. The number of nitrogens with one attached hydrogen (secondary N) is 1. The summed E-state index contributed by atoms with van der Waals surface area (Å²) in [4.78, 5) is 26.1. The maximum Gasteiger partial charge on any atom is 0.306 e. The van der Waals surface area contributed by atoms with Gasteiger partial charge in [-0.15, -0.1) is 0 Å². The lowest BCUT2D eigenvalue weighted by Crippen LogP contribution is -2.46. The van der Waals surface area contributed by atoms with Gasteiger partial charge < -0.3 is 20.3 Å². The molecule has 6 heteroatoms. The zero-order chi connectivity index (χ0) is 42.4. The Hall–Kier alpha value is -1.66. The van der Waals surface area contributed by atoms with Crippen LogP contribution in [0.5, 0.6) is 0 Å². The molecule has 3 N–H and O–H groups in total. The van der Waals surface area contributed by atoms with Gasteiger partial charge in [0.15, 0.2) is 0 Å². The van der Waals surface area contributed by atoms with E-state index >= 15 is 0 Å². The Morgan fingerprint density at radius 2 is 0.931 bits per heavy atom. The summed E-state index contributed by atoms with van der Waals surface area (Å²) in [5.41, 5.74) is 0. The normalized spacial score (nSPS) is 13.4. The minimum atomic E-state index is -0.787. The van der Waals surface area contributed by atoms with Crippen molar-refractivity contribution >= 4 is 11.9 Å². The quantitative estimate of drug-likeness (QED) is 0.0323. The van der Waals surface area contributed by atoms with Crippen LogP contribution in [0, 0.1) is 0 Å². The average Bonchev–Trinajstić information content (AvgIpc) is 3.22. The Labute approximate surface area is 361 Å². The van der Waals surface area contributed by atoms with E-state index in [1.807, 2.05) is 0 Å². The van der Waals surface area contributed by atoms with Crippen LogP contribution in [0.1, 0.15) is 271 Å². The lowest BCUT2D eigenvalue weighted by atomic mass is 10.0. The number of ether oxygens (including phenoxy) is 1. The number of hydrogen-bond acceptors (Lipinski definition) is 5. The van der Waals surface area contributed by atoms with Gasteiger partial charge in [0.05, 0.1) is 25.2 Å². The molecule has 3 unspecified atom stereocenters. The minimum absolute atomic E-state index is 0.0731. The number of carbonyl (C=O) groups excluding carboxylic acids is 2. The van der Waals surface area contributed by atoms with E-state index in [9.17, 15) is 19.8 Å². The Bertz CT molecular complexity index is 919. The molecule has 0 saturated carbocycles. The number of aliphatic hydroxyl groups is 2. The first-order valence-corrected chi connectivity index (χ1v) is 25.6. The molecule has 3 atom stereocenters. The highest BCUT2D eigenvalue weighted by molar-refractivity contribution is 5.77. The summed E-state index contributed by atoms with van der Waals surface area (Å²) >= 11 is 0. The van der Waals surface area contributed by atoms with E-state index in [2.05, 4.69) is 50.4 Å². The molecule has 0 spiro atoms. The molecule has 0 aromatic rings. The average molecular weight is 818 g/mol. The molecule has 6 nitrogen and oxygen atoms in total. The Balaban J connectivity index is 4.51. The van der Waals surface area contributed by atoms with E-state index < -0.39 is 18.2 Å². The molecule has 0 saturated heterocycles. The van der Waals surface area contributed by atoms with Crippen molar-refractivity contribution in [3.63, 3.8) is 0 Å². The van der Waals surface area contributed by atoms with Gasteiger partial charge >= 0.3 is 5.97 Å². The third kappa shape index (κ3) is 41.1. The molecule has 0 aliphatic carbocycles. The van der Waals surface area contributed by atoms with Gasteiger partial charge in [0.25, 0.3) is 0 Å². The van der Waals surface area contributed by atoms with Gasteiger partial charge in [-0.3, -0.25) is 9.59 Å². The molecule has 0 aliphatic rings. The van der Waals surface area contributed by atoms with Crippen LogP contribution in [0.15, 0.2) is 24.3 Å². The van der Waals surface area contributed by atoms with E-state index in [1.165, 1.54) is 154 Å². The van der Waals surface area contributed by atoms with Crippen LogP contribution in [0.25, 0.3) is 0 Å². The summed E-state index contributed by atoms with van der Waals surface area (Å²) in [5, 5.41) is 23.8. The molecule has 0 radical (unpaired) electrons. The molecule has 0 fully saturated rings. The molecular formula is C52H99NO5. The fraction of sp³-hybridized carbons (Fsp3) is 0.885. The van der Waals surface area contributed by atoms with Crippen molar-refractivity contribution in [2.45, 2.75) is 289 Å². The van der Waals surface area contributed by atoms with Crippen LogP contribution in [-0.2, 0) is 14.3 Å². The SMILES string of the molecule is CC/C=C/C/C=C/CCCCCCCC(CC(=O)NC(CO)C(O)CCCCCCCCCCCCCCCCC)OC(=O)CCCCCCCCCCCCCC. The highest BCUT2D eigenvalue weighted by Gasteiger charge is 2.24. The van der Waals surface area contributed by atoms with Gasteiger partial charge in [0, 0.05) is 6.42 Å². The highest BCUT2D eigenvalue weighted by Crippen LogP contribution is 2.18. The van der Waals surface area contributed by atoms with Gasteiger partial charge in [-0.2, -0.15) is 0 Å². The molecule has 0 aliphatic heterocycles. The Morgan fingerprint density at radius 1 is 0.517 bits per heavy atom. The van der Waals surface area contributed by atoms with Crippen molar-refractivity contribution in [2.75, 3.05) is 6.61 Å². The van der Waals surface area contributed by atoms with Crippen molar-refractivity contribution in [2.24, 2.45) is 0 Å². The van der Waals surface area contributed by atoms with E-state index in [0.29, 0.717) is 19.3 Å². The van der Waals surface area contributed by atoms with Crippen molar-refractivity contribution in [3.05, 3.63) is 24.3 Å². The van der Waals surface area contributed by atoms with Crippen molar-refractivity contribution in [1.29, 1.82) is 0 Å². The summed E-state index contributed by atoms with van der Waals surface area (Å²) < 4.78 is 5.92. The zero-order valence-corrected chi connectivity index (χ0v) is 38.9. The van der Waals surface area contributed by atoms with Gasteiger partial charge in [-0.1, -0.05) is 231 Å². The van der Waals surface area contributed by atoms with Crippen LogP contribution >= 0.6 is 0 Å². The lowest BCUT2D eigenvalue weighted by molar-refractivity contribution is -0.151. The van der Waals surface area contributed by atoms with Crippen LogP contribution in [-0.4, -0.2) is 46.9 Å². The predicted octanol–water partition coefficient (Wildman–Crippen LogP) is 15.1. The van der Waals surface area contributed by atoms with E-state index in [1.54, 1.807) is 0 Å². The predicted molar refractivity (Wildman–Crippen MR) is 250 cm³/mol. The number of carbonyl (C=O) groups is 2. The number of aliphatic hydroxyl groups excluding tert-OH is 2. The third-order valence-corrected chi connectivity index (χ3v) is 11.8. The summed E-state index contributed by atoms with van der Waals surface area (Å²) in [6, 6.07) is -0.701. The number of esters is 1. The lowest BCUT2D eigenvalue weighted by Gasteiger charge is -2.24. The second-order valence-corrected chi connectivity index (χ2v) is 17.5. The molecule has 1 amide bonds. The summed E-state index contributed by atoms with van der Waals surface area (Å²) in [6.07, 6.45) is 52.4. The van der Waals surface area contributed by atoms with Gasteiger partial charge in [-0.05, 0) is 51.4 Å². The zero-order valence-electron chi connectivity index (χ0n) is 38.9. The molecule has 0 heterocycles. The Morgan fingerprint density at radius 3 is 1.40 bits per heavy atom. The fourth-order valence-electron chi connectivity index (χ4n) is 7.94. The Kier molecular flexibility index (Phi) is 45.1. The first-order chi connectivity index (χ1) is 28.5. The van der Waals surface area contributed by atoms with Crippen LogP contribution in [0.3, 0.4) is 0 Å². The van der Waals surface area contributed by atoms with Crippen LogP contribution < -0.4 is 5.32 Å². The maximum atomic E-state index is 13.2. The van der Waals surface area contributed by atoms with E-state index in [0.717, 1.165) is 70.6 Å². The van der Waals surface area contributed by atoms with Gasteiger partial charge in [0.2, 0.25) is 5.91 Å². The molecular weight excluding hydrogens is 719 g/mol. The van der Waals surface area contributed by atoms with Crippen molar-refractivity contribution in [3.8, 4) is 0 Å². The first kappa shape index (κ1) is 56.3. The summed E-state index contributed by atoms with van der Waals surface area (Å²) in [5.74, 6) is -0.476. The smallest absolute Gasteiger partial charge is 0.306 e. The fourth-order valence-corrected chi connectivity index (χ4v) is 7.94. The molecule has 342 valence electrons. The summed E-state index contributed by atoms with van der Waals surface area (Å²) in [6.45, 7) is 6.39. The monoisotopic (exact) mass is 818 g/mol. The minimum Gasteiger partial charge on any atom is -0.462 e. The number of allylic oxidation sites excluding steroid dienone is 4. The van der Waals surface area contributed by atoms with E-state index in [-0.39, 0.29) is 24.9 Å². The number of rotatable bonds is 46. The van der Waals surface area contributed by atoms with Gasteiger partial charge in [-0.25, -0.2) is 0 Å². The molecule has 0 rings (SSSR count). The largest absolute Gasteiger partial charge is 0.462 e. The standard InChI is InChI=1S/C52H99NO5/c1-4-7-10-13-16-19-22-25-26-27-29-32-35-38-41-44-50(55)49(47-54)53-51(56)46-48(43-40-37-34-31-28-23-20-17-14-11-8-5-2)58-52(57)45-42-39-36-33-30-24-21-18-15-12-9-6-3/h8,11,17,20,48-50,54-55H,4-7,9-10,12-16,18-19,21-47H2,1-3H3,(H,53,56)/b11-8+,20-17+. The summed E-state index contributed by atoms with van der Waals surface area (Å²) in [7, 11) is 0. The van der Waals surface area contributed by atoms with E-state index in [4.69, 9.17) is 4.74 Å². The number of hydrogen-bond donors (Lipinski definition) is 3. The maximum absolute atomic E-state index is 13.2. The second kappa shape index (κ2) is 46.4. The molecule has 0 bridgehead atoms. The first-order valence-electron chi connectivity index (χ1n) is 25.6. The second-order valence-electron chi connectivity index (χ2n) is 17.5. The molecule has 58 heavy (non-hydrogen) atoms. The highest BCUT2D eigenvalue weighted by atomic mass is 16.5. The van der Waals surface area contributed by atoms with Gasteiger partial charge in [0.1, 0.15) is 6.10 Å². The van der Waals surface area contributed by atoms with Crippen molar-refractivity contribution in [1.82, 2.24) is 5.32 Å². The van der Waals surface area contributed by atoms with Crippen molar-refractivity contribution < 1.29 is 24.5 Å². The third-order valence-electron chi connectivity index (χ3n) is 11.8.